The molecule has 2 rings (SSSR count). The lowest BCUT2D eigenvalue weighted by molar-refractivity contribution is -0.126. The molecular weight excluding hydrogens is 298 g/mol. The van der Waals surface area contributed by atoms with E-state index in [4.69, 9.17) is 10.8 Å². The molecule has 0 spiro atoms. The van der Waals surface area contributed by atoms with Crippen LogP contribution >= 0.6 is 0 Å². The van der Waals surface area contributed by atoms with E-state index in [0.29, 0.717) is 18.5 Å². The molecular formula is C16H21N3O4. The van der Waals surface area contributed by atoms with Gasteiger partial charge >= 0.3 is 0 Å². The van der Waals surface area contributed by atoms with Gasteiger partial charge < -0.3 is 10.8 Å². The first kappa shape index (κ1) is 17.3. The lowest BCUT2D eigenvalue weighted by atomic mass is 10.1. The molecule has 1 aromatic rings. The smallest absolute Gasteiger partial charge is 0.257 e. The summed E-state index contributed by atoms with van der Waals surface area (Å²) in [4.78, 5) is 37.8. The third-order valence-corrected chi connectivity index (χ3v) is 3.91. The maximum atomic E-state index is 12.3. The van der Waals surface area contributed by atoms with Gasteiger partial charge in [-0.2, -0.15) is 0 Å². The number of nitrogens with one attached hydrogen (secondary N) is 1. The molecule has 1 fully saturated rings. The molecule has 0 radical (unpaired) electrons. The molecule has 1 aromatic carbocycles. The van der Waals surface area contributed by atoms with E-state index in [1.165, 1.54) is 0 Å². The van der Waals surface area contributed by atoms with E-state index < -0.39 is 30.5 Å². The number of hydrogen-bond acceptors (Lipinski definition) is 6. The number of amides is 2. The standard InChI is InChI=1S/C16H21N3O4/c17-12(10-20)14(21)9-19-8-4-7-13(19)16(23)18-15(22)11-5-2-1-3-6-11/h1-3,5-6,12-13,20H,4,7-10,17H2,(H,18,22,23)/t12?,13-/m1/s1. The number of benzene rings is 1. The summed E-state index contributed by atoms with van der Waals surface area (Å²) in [5.41, 5.74) is 5.90. The Morgan fingerprint density at radius 3 is 2.65 bits per heavy atom. The minimum absolute atomic E-state index is 0.000654. The summed E-state index contributed by atoms with van der Waals surface area (Å²) in [6.45, 7) is 0.164. The molecule has 7 heteroatoms. The first-order valence-electron chi connectivity index (χ1n) is 7.56. The first-order valence-corrected chi connectivity index (χ1v) is 7.56. The summed E-state index contributed by atoms with van der Waals surface area (Å²) < 4.78 is 0. The van der Waals surface area contributed by atoms with Crippen molar-refractivity contribution in [1.29, 1.82) is 0 Å². The molecule has 1 aliphatic heterocycles. The van der Waals surface area contributed by atoms with Crippen LogP contribution in [-0.4, -0.2) is 59.4 Å². The van der Waals surface area contributed by atoms with Gasteiger partial charge in [0, 0.05) is 5.56 Å². The van der Waals surface area contributed by atoms with Gasteiger partial charge in [-0.25, -0.2) is 0 Å². The van der Waals surface area contributed by atoms with E-state index in [9.17, 15) is 14.4 Å². The van der Waals surface area contributed by atoms with Crippen molar-refractivity contribution in [3.8, 4) is 0 Å². The average Bonchev–Trinajstić information content (AvgIpc) is 3.02. The molecule has 1 heterocycles. The van der Waals surface area contributed by atoms with Crippen LogP contribution < -0.4 is 11.1 Å². The molecule has 4 N–H and O–H groups in total. The van der Waals surface area contributed by atoms with Crippen LogP contribution in [0.15, 0.2) is 30.3 Å². The lowest BCUT2D eigenvalue weighted by Crippen LogP contribution is -2.49. The van der Waals surface area contributed by atoms with Crippen LogP contribution in [0.5, 0.6) is 0 Å². The molecule has 0 bridgehead atoms. The van der Waals surface area contributed by atoms with Gasteiger partial charge in [0.2, 0.25) is 5.91 Å². The lowest BCUT2D eigenvalue weighted by Gasteiger charge is -2.23. The number of likely N-dealkylation sites (tertiary alicyclic amines) is 1. The van der Waals surface area contributed by atoms with Crippen LogP contribution in [0.1, 0.15) is 23.2 Å². The second-order valence-corrected chi connectivity index (χ2v) is 5.57. The van der Waals surface area contributed by atoms with Gasteiger partial charge in [0.1, 0.15) is 0 Å². The Hall–Kier alpha value is -2.09. The van der Waals surface area contributed by atoms with Gasteiger partial charge in [-0.3, -0.25) is 24.6 Å². The highest BCUT2D eigenvalue weighted by atomic mass is 16.3. The fourth-order valence-corrected chi connectivity index (χ4v) is 2.59. The maximum absolute atomic E-state index is 12.3. The zero-order chi connectivity index (χ0) is 16.8. The molecule has 1 saturated heterocycles. The molecule has 23 heavy (non-hydrogen) atoms. The van der Waals surface area contributed by atoms with Crippen molar-refractivity contribution in [3.63, 3.8) is 0 Å². The Kier molecular flexibility index (Phi) is 5.97. The van der Waals surface area contributed by atoms with Crippen molar-refractivity contribution in [2.45, 2.75) is 24.9 Å². The largest absolute Gasteiger partial charge is 0.394 e. The van der Waals surface area contributed by atoms with Crippen LogP contribution in [0.2, 0.25) is 0 Å². The fourth-order valence-electron chi connectivity index (χ4n) is 2.59. The van der Waals surface area contributed by atoms with Crippen LogP contribution in [0.3, 0.4) is 0 Å². The van der Waals surface area contributed by atoms with Crippen molar-refractivity contribution in [1.82, 2.24) is 10.2 Å². The fraction of sp³-hybridized carbons (Fsp3) is 0.438. The second kappa shape index (κ2) is 7.96. The number of imide groups is 1. The molecule has 1 unspecified atom stereocenters. The van der Waals surface area contributed by atoms with Crippen molar-refractivity contribution < 1.29 is 19.5 Å². The maximum Gasteiger partial charge on any atom is 0.257 e. The van der Waals surface area contributed by atoms with E-state index in [0.717, 1.165) is 6.42 Å². The molecule has 0 saturated carbocycles. The van der Waals surface area contributed by atoms with Gasteiger partial charge in [-0.15, -0.1) is 0 Å². The summed E-state index contributed by atoms with van der Waals surface area (Å²) in [6.07, 6.45) is 1.34. The van der Waals surface area contributed by atoms with Gasteiger partial charge in [0.15, 0.2) is 5.78 Å². The minimum Gasteiger partial charge on any atom is -0.394 e. The highest BCUT2D eigenvalue weighted by Gasteiger charge is 2.33. The number of rotatable bonds is 6. The summed E-state index contributed by atoms with van der Waals surface area (Å²) in [5, 5.41) is 11.3. The molecule has 1 aliphatic rings. The average molecular weight is 319 g/mol. The Balaban J connectivity index is 1.95. The molecule has 2 atom stereocenters. The van der Waals surface area contributed by atoms with E-state index in [-0.39, 0.29) is 12.3 Å². The molecule has 7 nitrogen and oxygen atoms in total. The second-order valence-electron chi connectivity index (χ2n) is 5.57. The number of ketones is 1. The Bertz CT molecular complexity index is 576. The van der Waals surface area contributed by atoms with Gasteiger partial charge in [0.05, 0.1) is 25.2 Å². The molecule has 124 valence electrons. The SMILES string of the molecule is NC(CO)C(=O)CN1CCC[C@@H]1C(=O)NC(=O)c1ccccc1. The minimum atomic E-state index is -0.940. The van der Waals surface area contributed by atoms with Crippen molar-refractivity contribution in [2.75, 3.05) is 19.7 Å². The Morgan fingerprint density at radius 1 is 1.30 bits per heavy atom. The van der Waals surface area contributed by atoms with Crippen molar-refractivity contribution in [2.24, 2.45) is 5.73 Å². The summed E-state index contributed by atoms with van der Waals surface area (Å²) in [7, 11) is 0. The Labute approximate surface area is 134 Å². The van der Waals surface area contributed by atoms with E-state index in [2.05, 4.69) is 5.32 Å². The van der Waals surface area contributed by atoms with Crippen LogP contribution in [0.4, 0.5) is 0 Å². The number of Topliss-reactive ketones (excluding diaryl/α,β-unsaturated/α-hetero) is 1. The van der Waals surface area contributed by atoms with E-state index in [1.807, 2.05) is 0 Å². The number of hydrogen-bond donors (Lipinski definition) is 3. The number of carbonyl (C=O) groups is 3. The van der Waals surface area contributed by atoms with E-state index >= 15 is 0 Å². The number of nitrogens with zero attached hydrogens (tertiary/aromatic N) is 1. The predicted molar refractivity (Wildman–Crippen MR) is 83.6 cm³/mol. The molecule has 0 aliphatic carbocycles. The summed E-state index contributed by atoms with van der Waals surface area (Å²) in [6, 6.07) is 7.00. The number of aliphatic hydroxyl groups is 1. The highest BCUT2D eigenvalue weighted by Crippen LogP contribution is 2.17. The number of nitrogens with two attached hydrogens (primary N) is 1. The van der Waals surface area contributed by atoms with Gasteiger partial charge in [0.25, 0.3) is 5.91 Å². The normalized spacial score (nSPS) is 19.3. The zero-order valence-electron chi connectivity index (χ0n) is 12.8. The summed E-state index contributed by atoms with van der Waals surface area (Å²) >= 11 is 0. The third-order valence-electron chi connectivity index (χ3n) is 3.91. The third kappa shape index (κ3) is 4.44. The van der Waals surface area contributed by atoms with E-state index in [1.54, 1.807) is 35.2 Å². The van der Waals surface area contributed by atoms with Crippen LogP contribution in [-0.2, 0) is 9.59 Å². The molecule has 2 amide bonds. The van der Waals surface area contributed by atoms with Crippen LogP contribution in [0.25, 0.3) is 0 Å². The predicted octanol–water partition coefficient (Wildman–Crippen LogP) is -0.704. The Morgan fingerprint density at radius 2 is 2.00 bits per heavy atom. The van der Waals surface area contributed by atoms with Crippen molar-refractivity contribution in [3.05, 3.63) is 35.9 Å². The number of carbonyl (C=O) groups excluding carboxylic acids is 3. The monoisotopic (exact) mass is 319 g/mol. The van der Waals surface area contributed by atoms with Gasteiger partial charge in [-0.05, 0) is 31.5 Å². The molecule has 0 aromatic heterocycles. The number of aliphatic hydroxyl groups excluding tert-OH is 1. The quantitative estimate of drug-likeness (QED) is 0.598. The highest BCUT2D eigenvalue weighted by molar-refractivity contribution is 6.06. The zero-order valence-corrected chi connectivity index (χ0v) is 12.8. The van der Waals surface area contributed by atoms with Crippen molar-refractivity contribution >= 4 is 17.6 Å². The van der Waals surface area contributed by atoms with Crippen LogP contribution in [0, 0.1) is 0 Å². The van der Waals surface area contributed by atoms with Gasteiger partial charge in [-0.1, -0.05) is 18.2 Å². The topological polar surface area (TPSA) is 113 Å². The first-order chi connectivity index (χ1) is 11.0. The summed E-state index contributed by atoms with van der Waals surface area (Å²) in [5.74, 6) is -1.19.